The molecule has 96 valence electrons. The number of aromatic amines is 1. The number of carboxylic acid groups (broad SMARTS) is 1. The minimum Gasteiger partial charge on any atom is -0.480 e. The minimum atomic E-state index is -3.85. The topological polar surface area (TPSA) is 112 Å². The van der Waals surface area contributed by atoms with Crippen molar-refractivity contribution in [3.63, 3.8) is 0 Å². The molecule has 0 saturated heterocycles. The van der Waals surface area contributed by atoms with Crippen LogP contribution in [-0.4, -0.2) is 47.5 Å². The summed E-state index contributed by atoms with van der Waals surface area (Å²) in [5.41, 5.74) is 0. The number of nitrogens with one attached hydrogen (secondary N) is 2. The van der Waals surface area contributed by atoms with Crippen molar-refractivity contribution in [1.29, 1.82) is 0 Å². The Morgan fingerprint density at radius 3 is 2.88 bits per heavy atom. The van der Waals surface area contributed by atoms with Crippen LogP contribution in [0.1, 0.15) is 6.42 Å². The minimum absolute atomic E-state index is 0.145. The van der Waals surface area contributed by atoms with Gasteiger partial charge in [0.05, 0.1) is 12.5 Å². The molecule has 0 aliphatic rings. The quantitative estimate of drug-likeness (QED) is 0.642. The maximum Gasteiger partial charge on any atom is 0.321 e. The van der Waals surface area contributed by atoms with Gasteiger partial charge in [-0.1, -0.05) is 0 Å². The average Bonchev–Trinajstić information content (AvgIpc) is 2.77. The number of H-pyrrole nitrogens is 1. The summed E-state index contributed by atoms with van der Waals surface area (Å²) >= 11 is 1.45. The van der Waals surface area contributed by atoms with Gasteiger partial charge in [0.15, 0.2) is 5.03 Å². The Morgan fingerprint density at radius 1 is 1.71 bits per heavy atom. The van der Waals surface area contributed by atoms with Gasteiger partial charge < -0.3 is 10.1 Å². The predicted octanol–water partition coefficient (Wildman–Crippen LogP) is -0.106. The third kappa shape index (κ3) is 4.02. The van der Waals surface area contributed by atoms with E-state index in [1.54, 1.807) is 0 Å². The van der Waals surface area contributed by atoms with Crippen LogP contribution in [-0.2, 0) is 14.8 Å². The molecule has 9 heteroatoms. The second-order valence-electron chi connectivity index (χ2n) is 3.21. The lowest BCUT2D eigenvalue weighted by atomic mass is 10.2. The van der Waals surface area contributed by atoms with Crippen molar-refractivity contribution in [3.05, 3.63) is 12.5 Å². The molecule has 1 aromatic rings. The summed E-state index contributed by atoms with van der Waals surface area (Å²) in [5, 5.41) is 8.75. The van der Waals surface area contributed by atoms with Crippen LogP contribution in [0.5, 0.6) is 0 Å². The Balaban J connectivity index is 2.76. The molecule has 0 aromatic carbocycles. The first-order valence-corrected chi connectivity index (χ1v) is 7.57. The molecule has 3 N–H and O–H groups in total. The number of rotatable bonds is 7. The molecule has 0 amide bonds. The largest absolute Gasteiger partial charge is 0.480 e. The van der Waals surface area contributed by atoms with Gasteiger partial charge in [-0.15, -0.1) is 0 Å². The Hall–Kier alpha value is -1.06. The highest BCUT2D eigenvalue weighted by Crippen LogP contribution is 2.07. The fourth-order valence-electron chi connectivity index (χ4n) is 1.11. The van der Waals surface area contributed by atoms with Crippen molar-refractivity contribution in [2.24, 2.45) is 0 Å². The zero-order valence-corrected chi connectivity index (χ0v) is 10.7. The summed E-state index contributed by atoms with van der Waals surface area (Å²) in [6.45, 7) is 0. The van der Waals surface area contributed by atoms with Crippen LogP contribution in [0, 0.1) is 0 Å². The number of nitrogens with zero attached hydrogens (tertiary/aromatic N) is 1. The summed E-state index contributed by atoms with van der Waals surface area (Å²) in [6, 6.07) is -1.13. The highest BCUT2D eigenvalue weighted by molar-refractivity contribution is 7.98. The molecule has 7 nitrogen and oxygen atoms in total. The lowest BCUT2D eigenvalue weighted by Crippen LogP contribution is -2.41. The van der Waals surface area contributed by atoms with Gasteiger partial charge in [-0.25, -0.2) is 13.4 Å². The Morgan fingerprint density at radius 2 is 2.41 bits per heavy atom. The van der Waals surface area contributed by atoms with Gasteiger partial charge in [-0.05, 0) is 18.4 Å². The maximum absolute atomic E-state index is 11.7. The van der Waals surface area contributed by atoms with E-state index in [9.17, 15) is 13.2 Å². The number of aromatic nitrogens is 2. The summed E-state index contributed by atoms with van der Waals surface area (Å²) in [7, 11) is -3.85. The van der Waals surface area contributed by atoms with Gasteiger partial charge in [-0.3, -0.25) is 4.79 Å². The zero-order chi connectivity index (χ0) is 12.9. The second-order valence-corrected chi connectivity index (χ2v) is 5.88. The van der Waals surface area contributed by atoms with E-state index in [2.05, 4.69) is 14.7 Å². The average molecular weight is 279 g/mol. The standard InChI is InChI=1S/C8H13N3O4S2/c1-16-3-2-6(8(12)13)11-17(14,15)7-4-9-5-10-7/h4-6,11H,2-3H2,1H3,(H,9,10)(H,12,13). The molecule has 0 bridgehead atoms. The molecule has 0 aliphatic carbocycles. The number of imidazole rings is 1. The van der Waals surface area contributed by atoms with E-state index < -0.39 is 22.0 Å². The number of aliphatic carboxylic acids is 1. The van der Waals surface area contributed by atoms with Crippen molar-refractivity contribution in [2.45, 2.75) is 17.5 Å². The fourth-order valence-corrected chi connectivity index (χ4v) is 2.71. The van der Waals surface area contributed by atoms with E-state index >= 15 is 0 Å². The van der Waals surface area contributed by atoms with Crippen molar-refractivity contribution in [3.8, 4) is 0 Å². The first-order valence-electron chi connectivity index (χ1n) is 4.70. The molecule has 0 fully saturated rings. The molecule has 17 heavy (non-hydrogen) atoms. The van der Waals surface area contributed by atoms with Gasteiger partial charge in [-0.2, -0.15) is 16.5 Å². The monoisotopic (exact) mass is 279 g/mol. The number of carboxylic acids is 1. The van der Waals surface area contributed by atoms with E-state index in [1.807, 2.05) is 6.26 Å². The van der Waals surface area contributed by atoms with Crippen LogP contribution in [0.4, 0.5) is 0 Å². The third-order valence-corrected chi connectivity index (χ3v) is 4.01. The van der Waals surface area contributed by atoms with Gasteiger partial charge in [0.2, 0.25) is 0 Å². The smallest absolute Gasteiger partial charge is 0.321 e. The SMILES string of the molecule is CSCCC(NS(=O)(=O)c1cnc[nH]1)C(=O)O. The van der Waals surface area contributed by atoms with Crippen LogP contribution in [0.3, 0.4) is 0 Å². The van der Waals surface area contributed by atoms with Gasteiger partial charge in [0.1, 0.15) is 6.04 Å². The predicted molar refractivity (Wildman–Crippen MR) is 63.3 cm³/mol. The number of hydrogen-bond donors (Lipinski definition) is 3. The zero-order valence-electron chi connectivity index (χ0n) is 9.08. The number of thioether (sulfide) groups is 1. The first kappa shape index (κ1) is 14.0. The van der Waals surface area contributed by atoms with E-state index in [0.717, 1.165) is 6.20 Å². The van der Waals surface area contributed by atoms with E-state index in [1.165, 1.54) is 18.1 Å². The molecule has 1 rings (SSSR count). The van der Waals surface area contributed by atoms with E-state index in [0.29, 0.717) is 5.75 Å². The highest BCUT2D eigenvalue weighted by atomic mass is 32.2. The Kier molecular flexibility index (Phi) is 4.97. The number of carbonyl (C=O) groups is 1. The molecule has 0 radical (unpaired) electrons. The summed E-state index contributed by atoms with van der Waals surface area (Å²) in [6.07, 6.45) is 4.38. The van der Waals surface area contributed by atoms with Crippen molar-refractivity contribution in [1.82, 2.24) is 14.7 Å². The van der Waals surface area contributed by atoms with Crippen molar-refractivity contribution >= 4 is 27.8 Å². The van der Waals surface area contributed by atoms with E-state index in [-0.39, 0.29) is 11.4 Å². The van der Waals surface area contributed by atoms with Gasteiger partial charge >= 0.3 is 5.97 Å². The first-order chi connectivity index (χ1) is 7.97. The molecular formula is C8H13N3O4S2. The van der Waals surface area contributed by atoms with Crippen LogP contribution in [0.2, 0.25) is 0 Å². The van der Waals surface area contributed by atoms with Crippen LogP contribution in [0.25, 0.3) is 0 Å². The Labute approximate surface area is 103 Å². The normalized spacial score (nSPS) is 13.5. The lowest BCUT2D eigenvalue weighted by Gasteiger charge is -2.13. The van der Waals surface area contributed by atoms with Crippen molar-refractivity contribution < 1.29 is 18.3 Å². The van der Waals surface area contributed by atoms with Crippen molar-refractivity contribution in [2.75, 3.05) is 12.0 Å². The molecular weight excluding hydrogens is 266 g/mol. The van der Waals surface area contributed by atoms with Gasteiger partial charge in [0.25, 0.3) is 10.0 Å². The van der Waals surface area contributed by atoms with E-state index in [4.69, 9.17) is 5.11 Å². The molecule has 1 heterocycles. The van der Waals surface area contributed by atoms with Crippen LogP contribution < -0.4 is 4.72 Å². The van der Waals surface area contributed by atoms with Crippen LogP contribution >= 0.6 is 11.8 Å². The Bertz CT molecular complexity index is 457. The summed E-state index contributed by atoms with van der Waals surface area (Å²) < 4.78 is 25.6. The molecule has 1 unspecified atom stereocenters. The maximum atomic E-state index is 11.7. The second kappa shape index (κ2) is 6.03. The fraction of sp³-hybridized carbons (Fsp3) is 0.500. The molecule has 0 aliphatic heterocycles. The number of sulfonamides is 1. The highest BCUT2D eigenvalue weighted by Gasteiger charge is 2.25. The molecule has 0 spiro atoms. The van der Waals surface area contributed by atoms with Gasteiger partial charge in [0, 0.05) is 0 Å². The molecule has 1 atom stereocenters. The molecule has 0 saturated carbocycles. The molecule has 1 aromatic heterocycles. The number of hydrogen-bond acceptors (Lipinski definition) is 5. The summed E-state index contributed by atoms with van der Waals surface area (Å²) in [4.78, 5) is 16.9. The third-order valence-electron chi connectivity index (χ3n) is 1.97. The van der Waals surface area contributed by atoms with Crippen LogP contribution in [0.15, 0.2) is 17.6 Å². The lowest BCUT2D eigenvalue weighted by molar-refractivity contribution is -0.139. The summed E-state index contributed by atoms with van der Waals surface area (Å²) in [5.74, 6) is -0.634.